The lowest BCUT2D eigenvalue weighted by Crippen LogP contribution is -1.99. The van der Waals surface area contributed by atoms with Gasteiger partial charge in [-0.1, -0.05) is 60.7 Å². The van der Waals surface area contributed by atoms with Gasteiger partial charge in [-0.05, 0) is 38.4 Å². The molecule has 21 heavy (non-hydrogen) atoms. The maximum atomic E-state index is 11.8. The number of hydrogen-bond acceptors (Lipinski definition) is 1. The van der Waals surface area contributed by atoms with Crippen LogP contribution < -0.4 is 0 Å². The van der Waals surface area contributed by atoms with Gasteiger partial charge in [0.1, 0.15) is 0 Å². The van der Waals surface area contributed by atoms with Crippen LogP contribution in [0.1, 0.15) is 10.4 Å². The summed E-state index contributed by atoms with van der Waals surface area (Å²) in [6.45, 7) is 0. The van der Waals surface area contributed by atoms with Crippen molar-refractivity contribution in [1.29, 1.82) is 0 Å². The van der Waals surface area contributed by atoms with E-state index in [1.165, 1.54) is 0 Å². The first kappa shape index (κ1) is 11.9. The van der Waals surface area contributed by atoms with Crippen molar-refractivity contribution in [1.82, 2.24) is 0 Å². The maximum absolute atomic E-state index is 11.8. The van der Waals surface area contributed by atoms with Gasteiger partial charge in [0.05, 0.1) is 5.56 Å². The fourth-order valence-electron chi connectivity index (χ4n) is 3.05. The van der Waals surface area contributed by atoms with Crippen molar-refractivity contribution in [3.05, 3.63) is 72.3 Å². The summed E-state index contributed by atoms with van der Waals surface area (Å²) in [4.78, 5) is 11.8. The van der Waals surface area contributed by atoms with Gasteiger partial charge in [-0.3, -0.25) is 0 Å². The third kappa shape index (κ3) is 1.69. The molecule has 0 heterocycles. The minimum absolute atomic E-state index is 0.383. The second-order valence-electron chi connectivity index (χ2n) is 5.16. The lowest BCUT2D eigenvalue weighted by atomic mass is 9.93. The highest BCUT2D eigenvalue weighted by Gasteiger charge is 2.14. The molecule has 0 saturated heterocycles. The van der Waals surface area contributed by atoms with Gasteiger partial charge in [-0.2, -0.15) is 0 Å². The molecule has 4 aromatic rings. The molecule has 0 aliphatic heterocycles. The van der Waals surface area contributed by atoms with E-state index in [0.29, 0.717) is 5.56 Å². The highest BCUT2D eigenvalue weighted by atomic mass is 16.4. The molecule has 0 aliphatic carbocycles. The summed E-state index contributed by atoms with van der Waals surface area (Å²) in [5.74, 6) is -0.882. The van der Waals surface area contributed by atoms with Crippen molar-refractivity contribution in [2.75, 3.05) is 0 Å². The molecule has 1 N–H and O–H groups in total. The lowest BCUT2D eigenvalue weighted by molar-refractivity contribution is 0.0701. The van der Waals surface area contributed by atoms with E-state index in [9.17, 15) is 9.90 Å². The van der Waals surface area contributed by atoms with Crippen molar-refractivity contribution >= 4 is 38.3 Å². The van der Waals surface area contributed by atoms with Gasteiger partial charge in [-0.15, -0.1) is 0 Å². The Morgan fingerprint density at radius 2 is 1.33 bits per heavy atom. The van der Waals surface area contributed by atoms with E-state index in [1.807, 2.05) is 60.7 Å². The number of carboxylic acids is 1. The van der Waals surface area contributed by atoms with Crippen LogP contribution in [0.4, 0.5) is 0 Å². The Bertz CT molecular complexity index is 1020. The molecular weight excluding hydrogens is 260 g/mol. The first-order valence-corrected chi connectivity index (χ1v) is 6.82. The molecule has 0 amide bonds. The van der Waals surface area contributed by atoms with Gasteiger partial charge >= 0.3 is 5.97 Å². The zero-order valence-corrected chi connectivity index (χ0v) is 11.2. The molecule has 100 valence electrons. The Kier molecular flexibility index (Phi) is 2.45. The Balaban J connectivity index is 2.33. The number of rotatable bonds is 1. The summed E-state index contributed by atoms with van der Waals surface area (Å²) in [6, 6.07) is 21.7. The number of benzene rings is 4. The third-order valence-corrected chi connectivity index (χ3v) is 3.98. The van der Waals surface area contributed by atoms with Crippen LogP contribution in [-0.4, -0.2) is 11.1 Å². The second kappa shape index (κ2) is 4.32. The molecule has 0 aromatic heterocycles. The van der Waals surface area contributed by atoms with E-state index in [1.54, 1.807) is 0 Å². The molecule has 2 nitrogen and oxygen atoms in total. The Morgan fingerprint density at radius 3 is 2.10 bits per heavy atom. The second-order valence-corrected chi connectivity index (χ2v) is 5.16. The smallest absolute Gasteiger partial charge is 0.336 e. The SMILES string of the molecule is O=C(O)c1c2ccccc2cc2c1ccc1ccccc12. The Labute approximate surface area is 121 Å². The summed E-state index contributed by atoms with van der Waals surface area (Å²) >= 11 is 0. The number of carbonyl (C=O) groups is 1. The lowest BCUT2D eigenvalue weighted by Gasteiger charge is -2.10. The average Bonchev–Trinajstić information content (AvgIpc) is 2.52. The topological polar surface area (TPSA) is 37.3 Å². The summed E-state index contributed by atoms with van der Waals surface area (Å²) in [6.07, 6.45) is 0. The fourth-order valence-corrected chi connectivity index (χ4v) is 3.05. The van der Waals surface area contributed by atoms with Crippen LogP contribution in [0, 0.1) is 0 Å². The summed E-state index contributed by atoms with van der Waals surface area (Å²) in [5, 5.41) is 15.4. The van der Waals surface area contributed by atoms with E-state index in [2.05, 4.69) is 6.07 Å². The quantitative estimate of drug-likeness (QED) is 0.397. The molecule has 0 spiro atoms. The first-order chi connectivity index (χ1) is 10.3. The van der Waals surface area contributed by atoms with E-state index < -0.39 is 5.97 Å². The highest BCUT2D eigenvalue weighted by molar-refractivity contribution is 6.21. The number of aromatic carboxylic acids is 1. The first-order valence-electron chi connectivity index (χ1n) is 6.82. The van der Waals surface area contributed by atoms with Crippen molar-refractivity contribution in [2.24, 2.45) is 0 Å². The zero-order valence-electron chi connectivity index (χ0n) is 11.2. The Morgan fingerprint density at radius 1 is 0.667 bits per heavy atom. The maximum Gasteiger partial charge on any atom is 0.336 e. The molecule has 4 aromatic carbocycles. The summed E-state index contributed by atoms with van der Waals surface area (Å²) < 4.78 is 0. The number of carboxylic acid groups (broad SMARTS) is 1. The molecule has 0 saturated carbocycles. The molecule has 4 rings (SSSR count). The van der Waals surface area contributed by atoms with Crippen LogP contribution in [-0.2, 0) is 0 Å². The summed E-state index contributed by atoms with van der Waals surface area (Å²) in [5.41, 5.74) is 0.383. The zero-order chi connectivity index (χ0) is 14.4. The highest BCUT2D eigenvalue weighted by Crippen LogP contribution is 2.33. The van der Waals surface area contributed by atoms with Gasteiger partial charge in [0, 0.05) is 0 Å². The molecule has 0 fully saturated rings. The van der Waals surface area contributed by atoms with Crippen molar-refractivity contribution < 1.29 is 9.90 Å². The van der Waals surface area contributed by atoms with Gasteiger partial charge in [0.2, 0.25) is 0 Å². The third-order valence-electron chi connectivity index (χ3n) is 3.98. The largest absolute Gasteiger partial charge is 0.478 e. The van der Waals surface area contributed by atoms with Crippen LogP contribution in [0.25, 0.3) is 32.3 Å². The van der Waals surface area contributed by atoms with Crippen LogP contribution in [0.2, 0.25) is 0 Å². The molecule has 0 radical (unpaired) electrons. The minimum Gasteiger partial charge on any atom is -0.478 e. The van der Waals surface area contributed by atoms with E-state index >= 15 is 0 Å². The van der Waals surface area contributed by atoms with Crippen molar-refractivity contribution in [3.8, 4) is 0 Å². The predicted octanol–water partition coefficient (Wildman–Crippen LogP) is 4.84. The van der Waals surface area contributed by atoms with E-state index in [4.69, 9.17) is 0 Å². The standard InChI is InChI=1S/C19H12O2/c20-19(21)18-15-8-4-2-6-13(15)11-17-14-7-3-1-5-12(14)9-10-16(17)18/h1-11H,(H,20,21). The molecule has 0 unspecified atom stereocenters. The van der Waals surface area contributed by atoms with Crippen LogP contribution in [0.5, 0.6) is 0 Å². The molecule has 0 atom stereocenters. The normalized spacial score (nSPS) is 11.2. The fraction of sp³-hybridized carbons (Fsp3) is 0. The average molecular weight is 272 g/mol. The summed E-state index contributed by atoms with van der Waals surface area (Å²) in [7, 11) is 0. The van der Waals surface area contributed by atoms with E-state index in [0.717, 1.165) is 32.3 Å². The Hall–Kier alpha value is -2.87. The van der Waals surface area contributed by atoms with Crippen LogP contribution in [0.3, 0.4) is 0 Å². The monoisotopic (exact) mass is 272 g/mol. The molecule has 0 aliphatic rings. The van der Waals surface area contributed by atoms with Gasteiger partial charge in [0.25, 0.3) is 0 Å². The van der Waals surface area contributed by atoms with Crippen molar-refractivity contribution in [2.45, 2.75) is 0 Å². The molecule has 2 heteroatoms. The molecule has 0 bridgehead atoms. The minimum atomic E-state index is -0.882. The molecular formula is C19H12O2. The number of fused-ring (bicyclic) bond motifs is 4. The number of hydrogen-bond donors (Lipinski definition) is 1. The van der Waals surface area contributed by atoms with Crippen LogP contribution in [0.15, 0.2) is 66.7 Å². The van der Waals surface area contributed by atoms with Gasteiger partial charge in [-0.25, -0.2) is 4.79 Å². The van der Waals surface area contributed by atoms with E-state index in [-0.39, 0.29) is 0 Å². The van der Waals surface area contributed by atoms with Crippen LogP contribution >= 0.6 is 0 Å². The predicted molar refractivity (Wildman–Crippen MR) is 85.9 cm³/mol. The van der Waals surface area contributed by atoms with Crippen molar-refractivity contribution in [3.63, 3.8) is 0 Å². The van der Waals surface area contributed by atoms with Gasteiger partial charge in [0.15, 0.2) is 0 Å². The van der Waals surface area contributed by atoms with Gasteiger partial charge < -0.3 is 5.11 Å².